The summed E-state index contributed by atoms with van der Waals surface area (Å²) in [5.74, 6) is -0.866. The summed E-state index contributed by atoms with van der Waals surface area (Å²) in [6, 6.07) is 10.2. The number of esters is 1. The second kappa shape index (κ2) is 6.91. The Labute approximate surface area is 135 Å². The number of hydrogen-bond donors (Lipinski definition) is 1. The first-order valence-electron chi connectivity index (χ1n) is 6.06. The van der Waals surface area contributed by atoms with Crippen molar-refractivity contribution in [2.24, 2.45) is 0 Å². The van der Waals surface area contributed by atoms with E-state index in [1.807, 2.05) is 0 Å². The maximum Gasteiger partial charge on any atom is 0.332 e. The van der Waals surface area contributed by atoms with Crippen molar-refractivity contribution in [3.63, 3.8) is 0 Å². The lowest BCUT2D eigenvalue weighted by Crippen LogP contribution is -2.22. The number of hydrogen-bond acceptors (Lipinski definition) is 3. The number of rotatable bonds is 4. The van der Waals surface area contributed by atoms with E-state index in [0.717, 1.165) is 0 Å². The van der Waals surface area contributed by atoms with E-state index in [-0.39, 0.29) is 5.82 Å². The monoisotopic (exact) mass is 371 g/mol. The summed E-state index contributed by atoms with van der Waals surface area (Å²) in [6.45, 7) is 0. The molecule has 1 atom stereocenters. The third kappa shape index (κ3) is 3.95. The summed E-state index contributed by atoms with van der Waals surface area (Å²) in [6.07, 6.45) is 0. The van der Waals surface area contributed by atoms with Gasteiger partial charge in [0.2, 0.25) is 0 Å². The highest BCUT2D eigenvalue weighted by Crippen LogP contribution is 2.28. The van der Waals surface area contributed by atoms with Crippen molar-refractivity contribution in [2.45, 2.75) is 6.04 Å². The molecule has 0 aromatic heterocycles. The molecule has 0 radical (unpaired) electrons. The van der Waals surface area contributed by atoms with E-state index >= 15 is 0 Å². The maximum atomic E-state index is 13.2. The standard InChI is InChI=1S/C15H12BrClFNO2/c1-21-15(20)14(9-5-6-13(17)12(16)7-9)19-11-4-2-3-10(18)8-11/h2-8,14,19H,1H3. The van der Waals surface area contributed by atoms with Gasteiger partial charge >= 0.3 is 5.97 Å². The van der Waals surface area contributed by atoms with E-state index in [2.05, 4.69) is 21.2 Å². The molecule has 0 bridgehead atoms. The average molecular weight is 373 g/mol. The number of anilines is 1. The lowest BCUT2D eigenvalue weighted by molar-refractivity contribution is -0.141. The first-order chi connectivity index (χ1) is 10.0. The fourth-order valence-corrected chi connectivity index (χ4v) is 2.35. The van der Waals surface area contributed by atoms with Gasteiger partial charge in [0.25, 0.3) is 0 Å². The molecule has 0 saturated carbocycles. The van der Waals surface area contributed by atoms with Crippen molar-refractivity contribution in [3.8, 4) is 0 Å². The van der Waals surface area contributed by atoms with Crippen LogP contribution in [0.3, 0.4) is 0 Å². The zero-order valence-corrected chi connectivity index (χ0v) is 13.4. The molecule has 2 rings (SSSR count). The molecule has 0 amide bonds. The Morgan fingerprint density at radius 2 is 2.10 bits per heavy atom. The molecule has 110 valence electrons. The van der Waals surface area contributed by atoms with E-state index in [0.29, 0.717) is 20.7 Å². The predicted molar refractivity (Wildman–Crippen MR) is 83.9 cm³/mol. The Balaban J connectivity index is 2.34. The molecule has 0 heterocycles. The fraction of sp³-hybridized carbons (Fsp3) is 0.133. The summed E-state index contributed by atoms with van der Waals surface area (Å²) in [5.41, 5.74) is 1.14. The zero-order chi connectivity index (χ0) is 15.4. The lowest BCUT2D eigenvalue weighted by Gasteiger charge is -2.18. The van der Waals surface area contributed by atoms with Gasteiger partial charge in [0.05, 0.1) is 12.1 Å². The summed E-state index contributed by atoms with van der Waals surface area (Å²) < 4.78 is 18.7. The van der Waals surface area contributed by atoms with Crippen LogP contribution in [-0.4, -0.2) is 13.1 Å². The van der Waals surface area contributed by atoms with Crippen molar-refractivity contribution < 1.29 is 13.9 Å². The molecule has 0 spiro atoms. The van der Waals surface area contributed by atoms with Gasteiger partial charge in [-0.25, -0.2) is 9.18 Å². The minimum absolute atomic E-state index is 0.388. The zero-order valence-electron chi connectivity index (χ0n) is 11.1. The Kier molecular flexibility index (Phi) is 5.20. The van der Waals surface area contributed by atoms with E-state index in [1.54, 1.807) is 30.3 Å². The second-order valence-electron chi connectivity index (χ2n) is 4.28. The van der Waals surface area contributed by atoms with Crippen LogP contribution in [0, 0.1) is 5.82 Å². The first kappa shape index (κ1) is 15.8. The van der Waals surface area contributed by atoms with Gasteiger partial charge in [-0.2, -0.15) is 0 Å². The molecule has 6 heteroatoms. The molecule has 3 nitrogen and oxygen atoms in total. The van der Waals surface area contributed by atoms with Crippen LogP contribution in [0.2, 0.25) is 5.02 Å². The minimum atomic E-state index is -0.759. The largest absolute Gasteiger partial charge is 0.467 e. The van der Waals surface area contributed by atoms with Crippen LogP contribution in [0.15, 0.2) is 46.9 Å². The van der Waals surface area contributed by atoms with Crippen molar-refractivity contribution in [2.75, 3.05) is 12.4 Å². The quantitative estimate of drug-likeness (QED) is 0.799. The molecule has 2 aromatic rings. The number of nitrogens with one attached hydrogen (secondary N) is 1. The third-order valence-electron chi connectivity index (χ3n) is 2.85. The van der Waals surface area contributed by atoms with Crippen LogP contribution in [0.4, 0.5) is 10.1 Å². The predicted octanol–water partition coefficient (Wildman–Crippen LogP) is 4.57. The Hall–Kier alpha value is -1.59. The first-order valence-corrected chi connectivity index (χ1v) is 7.23. The van der Waals surface area contributed by atoms with Gasteiger partial charge in [-0.3, -0.25) is 0 Å². The summed E-state index contributed by atoms with van der Waals surface area (Å²) >= 11 is 9.26. The van der Waals surface area contributed by atoms with Gasteiger partial charge in [0, 0.05) is 10.2 Å². The molecule has 1 unspecified atom stereocenters. The van der Waals surface area contributed by atoms with Gasteiger partial charge in [-0.15, -0.1) is 0 Å². The minimum Gasteiger partial charge on any atom is -0.467 e. The molecular formula is C15H12BrClFNO2. The average Bonchev–Trinajstić information content (AvgIpc) is 2.47. The van der Waals surface area contributed by atoms with Crippen LogP contribution in [0.1, 0.15) is 11.6 Å². The molecular weight excluding hydrogens is 361 g/mol. The molecule has 1 N–H and O–H groups in total. The molecule has 0 saturated heterocycles. The number of methoxy groups -OCH3 is 1. The van der Waals surface area contributed by atoms with E-state index in [4.69, 9.17) is 16.3 Å². The van der Waals surface area contributed by atoms with E-state index < -0.39 is 12.0 Å². The van der Waals surface area contributed by atoms with E-state index in [1.165, 1.54) is 19.2 Å². The summed E-state index contributed by atoms with van der Waals surface area (Å²) in [5, 5.41) is 3.49. The molecule has 0 aliphatic carbocycles. The maximum absolute atomic E-state index is 13.2. The van der Waals surface area contributed by atoms with Crippen molar-refractivity contribution in [3.05, 3.63) is 63.3 Å². The van der Waals surface area contributed by atoms with E-state index in [9.17, 15) is 9.18 Å². The van der Waals surface area contributed by atoms with Gasteiger partial charge in [0.15, 0.2) is 6.04 Å². The number of carbonyl (C=O) groups is 1. The highest BCUT2D eigenvalue weighted by atomic mass is 79.9. The van der Waals surface area contributed by atoms with Crippen LogP contribution in [0.25, 0.3) is 0 Å². The van der Waals surface area contributed by atoms with Gasteiger partial charge < -0.3 is 10.1 Å². The normalized spacial score (nSPS) is 11.8. The van der Waals surface area contributed by atoms with Gasteiger partial charge in [-0.05, 0) is 51.8 Å². The second-order valence-corrected chi connectivity index (χ2v) is 5.55. The highest BCUT2D eigenvalue weighted by molar-refractivity contribution is 9.10. The highest BCUT2D eigenvalue weighted by Gasteiger charge is 2.22. The van der Waals surface area contributed by atoms with Crippen LogP contribution in [0.5, 0.6) is 0 Å². The van der Waals surface area contributed by atoms with Gasteiger partial charge in [-0.1, -0.05) is 23.7 Å². The number of ether oxygens (including phenoxy) is 1. The van der Waals surface area contributed by atoms with Gasteiger partial charge in [0.1, 0.15) is 5.82 Å². The Morgan fingerprint density at radius 1 is 1.33 bits per heavy atom. The number of benzene rings is 2. The smallest absolute Gasteiger partial charge is 0.332 e. The molecule has 21 heavy (non-hydrogen) atoms. The Morgan fingerprint density at radius 3 is 2.71 bits per heavy atom. The third-order valence-corrected chi connectivity index (χ3v) is 4.06. The summed E-state index contributed by atoms with van der Waals surface area (Å²) in [7, 11) is 1.30. The number of halogens is 3. The molecule has 0 aliphatic rings. The molecule has 0 aliphatic heterocycles. The topological polar surface area (TPSA) is 38.3 Å². The molecule has 0 fully saturated rings. The SMILES string of the molecule is COC(=O)C(Nc1cccc(F)c1)c1ccc(Cl)c(Br)c1. The van der Waals surface area contributed by atoms with Crippen molar-refractivity contribution in [1.82, 2.24) is 0 Å². The van der Waals surface area contributed by atoms with Crippen LogP contribution >= 0.6 is 27.5 Å². The van der Waals surface area contributed by atoms with Crippen LogP contribution in [-0.2, 0) is 9.53 Å². The lowest BCUT2D eigenvalue weighted by atomic mass is 10.1. The van der Waals surface area contributed by atoms with Crippen LogP contribution < -0.4 is 5.32 Å². The molecule has 2 aromatic carbocycles. The van der Waals surface area contributed by atoms with Crippen molar-refractivity contribution in [1.29, 1.82) is 0 Å². The number of carbonyl (C=O) groups excluding carboxylic acids is 1. The fourth-order valence-electron chi connectivity index (χ4n) is 1.83. The summed E-state index contributed by atoms with van der Waals surface area (Å²) in [4.78, 5) is 12.0. The van der Waals surface area contributed by atoms with Crippen molar-refractivity contribution >= 4 is 39.2 Å². The Bertz CT molecular complexity index is 666.